The van der Waals surface area contributed by atoms with Crippen molar-refractivity contribution in [3.05, 3.63) is 88.0 Å². The van der Waals surface area contributed by atoms with Crippen LogP contribution < -0.4 is 5.32 Å². The molecule has 1 aromatic heterocycles. The van der Waals surface area contributed by atoms with Crippen LogP contribution in [0.5, 0.6) is 0 Å². The van der Waals surface area contributed by atoms with Crippen molar-refractivity contribution in [2.75, 3.05) is 6.61 Å². The molecule has 1 heterocycles. The Balaban J connectivity index is 1.58. The molecule has 0 saturated carbocycles. The van der Waals surface area contributed by atoms with E-state index in [-0.39, 0.29) is 6.54 Å². The molecule has 7 heteroatoms. The third-order valence-corrected chi connectivity index (χ3v) is 4.81. The molecule has 0 aliphatic rings. The summed E-state index contributed by atoms with van der Waals surface area (Å²) in [5, 5.41) is 6.98. The number of amides is 1. The van der Waals surface area contributed by atoms with Crippen LogP contribution in [0.15, 0.2) is 48.5 Å². The van der Waals surface area contributed by atoms with Gasteiger partial charge in [-0.3, -0.25) is 9.48 Å². The molecule has 0 radical (unpaired) electrons. The number of ether oxygens (including phenoxy) is 1. The van der Waals surface area contributed by atoms with Gasteiger partial charge >= 0.3 is 5.97 Å². The molecule has 3 rings (SSSR count). The minimum Gasteiger partial charge on any atom is -0.452 e. The standard InChI is InChI=1S/C23H24FN3O3/c1-15-8-10-18(11-9-15)13-27-17(3)22(16(2)26-27)23(29)30-14-21(28)25-12-19-6-4-5-7-20(19)24/h4-11H,12-14H2,1-3H3,(H,25,28). The second kappa shape index (κ2) is 9.35. The van der Waals surface area contributed by atoms with Crippen molar-refractivity contribution < 1.29 is 18.7 Å². The van der Waals surface area contributed by atoms with Crippen LogP contribution in [0.25, 0.3) is 0 Å². The van der Waals surface area contributed by atoms with Gasteiger partial charge in [0, 0.05) is 12.1 Å². The maximum atomic E-state index is 13.6. The topological polar surface area (TPSA) is 73.2 Å². The van der Waals surface area contributed by atoms with Crippen LogP contribution in [0.2, 0.25) is 0 Å². The summed E-state index contributed by atoms with van der Waals surface area (Å²) in [5.41, 5.74) is 4.16. The number of carbonyl (C=O) groups is 2. The van der Waals surface area contributed by atoms with Crippen LogP contribution in [0.4, 0.5) is 4.39 Å². The van der Waals surface area contributed by atoms with Crippen molar-refractivity contribution in [2.45, 2.75) is 33.9 Å². The lowest BCUT2D eigenvalue weighted by Crippen LogP contribution is -2.28. The molecular formula is C23H24FN3O3. The fourth-order valence-corrected chi connectivity index (χ4v) is 3.10. The molecule has 0 aliphatic heterocycles. The van der Waals surface area contributed by atoms with Gasteiger partial charge in [-0.1, -0.05) is 48.0 Å². The van der Waals surface area contributed by atoms with Gasteiger partial charge in [0.1, 0.15) is 11.4 Å². The molecule has 0 atom stereocenters. The summed E-state index contributed by atoms with van der Waals surface area (Å²) in [5.74, 6) is -1.52. The van der Waals surface area contributed by atoms with Crippen molar-refractivity contribution in [3.63, 3.8) is 0 Å². The lowest BCUT2D eigenvalue weighted by molar-refractivity contribution is -0.124. The smallest absolute Gasteiger partial charge is 0.342 e. The van der Waals surface area contributed by atoms with Crippen LogP contribution in [-0.4, -0.2) is 28.3 Å². The van der Waals surface area contributed by atoms with Gasteiger partial charge in [0.15, 0.2) is 6.61 Å². The van der Waals surface area contributed by atoms with E-state index >= 15 is 0 Å². The van der Waals surface area contributed by atoms with Gasteiger partial charge in [0.05, 0.1) is 17.9 Å². The average Bonchev–Trinajstić information content (AvgIpc) is 3.00. The highest BCUT2D eigenvalue weighted by atomic mass is 19.1. The van der Waals surface area contributed by atoms with E-state index < -0.39 is 24.3 Å². The first-order chi connectivity index (χ1) is 14.3. The van der Waals surface area contributed by atoms with E-state index in [1.54, 1.807) is 36.7 Å². The Labute approximate surface area is 174 Å². The van der Waals surface area contributed by atoms with Crippen LogP contribution in [0, 0.1) is 26.6 Å². The molecule has 156 valence electrons. The predicted molar refractivity (Wildman–Crippen MR) is 111 cm³/mol. The number of halogens is 1. The maximum absolute atomic E-state index is 13.6. The van der Waals surface area contributed by atoms with Gasteiger partial charge in [-0.05, 0) is 32.4 Å². The number of aryl methyl sites for hydroxylation is 2. The molecule has 1 amide bonds. The molecular weight excluding hydrogens is 385 g/mol. The van der Waals surface area contributed by atoms with Crippen LogP contribution in [-0.2, 0) is 22.6 Å². The van der Waals surface area contributed by atoms with E-state index in [1.165, 1.54) is 11.6 Å². The fourth-order valence-electron chi connectivity index (χ4n) is 3.10. The third-order valence-electron chi connectivity index (χ3n) is 4.81. The number of nitrogens with one attached hydrogen (secondary N) is 1. The number of benzene rings is 2. The second-order valence-electron chi connectivity index (χ2n) is 7.13. The van der Waals surface area contributed by atoms with Crippen LogP contribution in [0.1, 0.15) is 38.4 Å². The van der Waals surface area contributed by atoms with Gasteiger partial charge < -0.3 is 10.1 Å². The second-order valence-corrected chi connectivity index (χ2v) is 7.13. The average molecular weight is 409 g/mol. The van der Waals surface area contributed by atoms with E-state index in [1.807, 2.05) is 31.2 Å². The van der Waals surface area contributed by atoms with Crippen molar-refractivity contribution in [2.24, 2.45) is 0 Å². The van der Waals surface area contributed by atoms with Gasteiger partial charge in [-0.2, -0.15) is 5.10 Å². The Kier molecular flexibility index (Phi) is 6.61. The molecule has 0 bridgehead atoms. The Morgan fingerprint density at radius 3 is 2.47 bits per heavy atom. The van der Waals surface area contributed by atoms with Crippen LogP contribution in [0.3, 0.4) is 0 Å². The van der Waals surface area contributed by atoms with E-state index in [9.17, 15) is 14.0 Å². The number of nitrogens with zero attached hydrogens (tertiary/aromatic N) is 2. The van der Waals surface area contributed by atoms with Gasteiger partial charge in [-0.25, -0.2) is 9.18 Å². The normalized spacial score (nSPS) is 10.7. The summed E-state index contributed by atoms with van der Waals surface area (Å²) in [6.45, 7) is 5.65. The first-order valence-corrected chi connectivity index (χ1v) is 9.62. The molecule has 3 aromatic rings. The first-order valence-electron chi connectivity index (χ1n) is 9.62. The Morgan fingerprint density at radius 1 is 1.07 bits per heavy atom. The maximum Gasteiger partial charge on any atom is 0.342 e. The Hall–Kier alpha value is -3.48. The summed E-state index contributed by atoms with van der Waals surface area (Å²) < 4.78 is 20.5. The van der Waals surface area contributed by atoms with Gasteiger partial charge in [0.25, 0.3) is 5.91 Å². The van der Waals surface area contributed by atoms with E-state index in [0.29, 0.717) is 29.1 Å². The van der Waals surface area contributed by atoms with E-state index in [0.717, 1.165) is 5.56 Å². The SMILES string of the molecule is Cc1ccc(Cn2nc(C)c(C(=O)OCC(=O)NCc3ccccc3F)c2C)cc1. The van der Waals surface area contributed by atoms with Gasteiger partial charge in [-0.15, -0.1) is 0 Å². The lowest BCUT2D eigenvalue weighted by Gasteiger charge is -2.08. The molecule has 30 heavy (non-hydrogen) atoms. The highest BCUT2D eigenvalue weighted by Gasteiger charge is 2.21. The zero-order chi connectivity index (χ0) is 21.7. The highest BCUT2D eigenvalue weighted by molar-refractivity contribution is 5.93. The molecule has 2 aromatic carbocycles. The molecule has 6 nitrogen and oxygen atoms in total. The number of esters is 1. The lowest BCUT2D eigenvalue weighted by atomic mass is 10.1. The quantitative estimate of drug-likeness (QED) is 0.607. The summed E-state index contributed by atoms with van der Waals surface area (Å²) in [6, 6.07) is 14.2. The van der Waals surface area contributed by atoms with Gasteiger partial charge in [0.2, 0.25) is 0 Å². The number of rotatable bonds is 7. The van der Waals surface area contributed by atoms with Crippen molar-refractivity contribution >= 4 is 11.9 Å². The minimum absolute atomic E-state index is 0.0234. The zero-order valence-corrected chi connectivity index (χ0v) is 17.2. The van der Waals surface area contributed by atoms with E-state index in [4.69, 9.17) is 4.74 Å². The van der Waals surface area contributed by atoms with Crippen LogP contribution >= 0.6 is 0 Å². The monoisotopic (exact) mass is 409 g/mol. The third kappa shape index (κ3) is 5.11. The molecule has 0 aliphatic carbocycles. The van der Waals surface area contributed by atoms with Crippen molar-refractivity contribution in [1.82, 2.24) is 15.1 Å². The number of carbonyl (C=O) groups excluding carboxylic acids is 2. The zero-order valence-electron chi connectivity index (χ0n) is 17.2. The molecule has 0 fully saturated rings. The summed E-state index contributed by atoms with van der Waals surface area (Å²) in [6.07, 6.45) is 0. The number of hydrogen-bond acceptors (Lipinski definition) is 4. The summed E-state index contributed by atoms with van der Waals surface area (Å²) in [4.78, 5) is 24.5. The fraction of sp³-hybridized carbons (Fsp3) is 0.261. The predicted octanol–water partition coefficient (Wildman–Crippen LogP) is 3.47. The van der Waals surface area contributed by atoms with E-state index in [2.05, 4.69) is 10.4 Å². The summed E-state index contributed by atoms with van der Waals surface area (Å²) in [7, 11) is 0. The minimum atomic E-state index is -0.610. The number of aromatic nitrogens is 2. The highest BCUT2D eigenvalue weighted by Crippen LogP contribution is 2.16. The Bertz CT molecular complexity index is 1060. The summed E-state index contributed by atoms with van der Waals surface area (Å²) >= 11 is 0. The molecule has 0 saturated heterocycles. The van der Waals surface area contributed by atoms with Crippen molar-refractivity contribution in [1.29, 1.82) is 0 Å². The first kappa shape index (κ1) is 21.2. The Morgan fingerprint density at radius 2 is 1.77 bits per heavy atom. The van der Waals surface area contributed by atoms with Crippen molar-refractivity contribution in [3.8, 4) is 0 Å². The largest absolute Gasteiger partial charge is 0.452 e. The molecule has 0 spiro atoms. The molecule has 0 unspecified atom stereocenters. The number of hydrogen-bond donors (Lipinski definition) is 1. The molecule has 1 N–H and O–H groups in total.